The third-order valence-corrected chi connectivity index (χ3v) is 5.46. The number of aromatic nitrogens is 2. The summed E-state index contributed by atoms with van der Waals surface area (Å²) < 4.78 is 49.1. The van der Waals surface area contributed by atoms with Crippen LogP contribution >= 0.6 is 0 Å². The number of carbonyl (C=O) groups excluding carboxylic acids is 2. The second kappa shape index (κ2) is 10.1. The van der Waals surface area contributed by atoms with Crippen molar-refractivity contribution < 1.29 is 32.2 Å². The Morgan fingerprint density at radius 1 is 1.09 bits per heavy atom. The summed E-state index contributed by atoms with van der Waals surface area (Å²) in [6.45, 7) is 6.85. The lowest BCUT2D eigenvalue weighted by molar-refractivity contribution is -0.139. The number of nitrogens with one attached hydrogen (secondary N) is 1. The Bertz CT molecular complexity index is 821. The highest BCUT2D eigenvalue weighted by Crippen LogP contribution is 2.28. The van der Waals surface area contributed by atoms with Gasteiger partial charge in [0.1, 0.15) is 12.2 Å². The lowest BCUT2D eigenvalue weighted by Crippen LogP contribution is -2.51. The van der Waals surface area contributed by atoms with Gasteiger partial charge in [-0.25, -0.2) is 14.8 Å². The number of carbonyl (C=O) groups is 2. The van der Waals surface area contributed by atoms with Crippen LogP contribution in [0.4, 0.5) is 23.9 Å². The molecule has 9 nitrogen and oxygen atoms in total. The molecule has 0 spiro atoms. The maximum Gasteiger partial charge on any atom is 0.419 e. The Morgan fingerprint density at radius 3 is 2.30 bits per heavy atom. The van der Waals surface area contributed by atoms with E-state index in [9.17, 15) is 22.8 Å². The van der Waals surface area contributed by atoms with E-state index in [1.807, 2.05) is 0 Å². The average Bonchev–Trinajstić information content (AvgIpc) is 3.17. The Balaban J connectivity index is 1.43. The summed E-state index contributed by atoms with van der Waals surface area (Å²) in [5, 5.41) is 2.82. The SMILES string of the molecule is CC(C)(C)OC(=O)N[C@@H]1CCC[C@H]1OCC(=O)N1CCN(c2ncc(C(F)(F)F)cn2)CC1. The van der Waals surface area contributed by atoms with E-state index < -0.39 is 23.4 Å². The Hall–Kier alpha value is -2.63. The number of hydrogen-bond acceptors (Lipinski definition) is 7. The first-order valence-electron chi connectivity index (χ1n) is 11.0. The van der Waals surface area contributed by atoms with Crippen molar-refractivity contribution in [3.8, 4) is 0 Å². The summed E-state index contributed by atoms with van der Waals surface area (Å²) in [5.74, 6) is 0.0271. The predicted molar refractivity (Wildman–Crippen MR) is 113 cm³/mol. The van der Waals surface area contributed by atoms with E-state index in [1.54, 1.807) is 30.6 Å². The van der Waals surface area contributed by atoms with Gasteiger partial charge in [0.2, 0.25) is 11.9 Å². The summed E-state index contributed by atoms with van der Waals surface area (Å²) >= 11 is 0. The molecule has 0 bridgehead atoms. The highest BCUT2D eigenvalue weighted by Gasteiger charge is 2.33. The molecule has 184 valence electrons. The van der Waals surface area contributed by atoms with Gasteiger partial charge in [-0.05, 0) is 40.0 Å². The Kier molecular flexibility index (Phi) is 7.65. The zero-order valence-electron chi connectivity index (χ0n) is 19.0. The standard InChI is InChI=1S/C21H30F3N5O4/c1-20(2,3)33-19(31)27-15-5-4-6-16(15)32-13-17(30)28-7-9-29(10-8-28)18-25-11-14(12-26-18)21(22,23)24/h11-12,15-16H,4-10,13H2,1-3H3,(H,27,31)/t15-,16-/m1/s1. The second-order valence-electron chi connectivity index (χ2n) is 9.17. The molecule has 2 aliphatic rings. The second-order valence-corrected chi connectivity index (χ2v) is 9.17. The van der Waals surface area contributed by atoms with Crippen molar-refractivity contribution in [3.05, 3.63) is 18.0 Å². The molecular formula is C21H30F3N5O4. The number of amides is 2. The molecule has 1 aliphatic heterocycles. The first kappa shape index (κ1) is 25.0. The van der Waals surface area contributed by atoms with Gasteiger partial charge in [0.15, 0.2) is 0 Å². The summed E-state index contributed by atoms with van der Waals surface area (Å²) in [6, 6.07) is -0.207. The van der Waals surface area contributed by atoms with Crippen LogP contribution in [0.25, 0.3) is 0 Å². The quantitative estimate of drug-likeness (QED) is 0.702. The van der Waals surface area contributed by atoms with E-state index in [1.165, 1.54) is 0 Å². The largest absolute Gasteiger partial charge is 0.444 e. The number of rotatable bonds is 5. The summed E-state index contributed by atoms with van der Waals surface area (Å²) in [6.07, 6.45) is -1.35. The molecule has 1 saturated carbocycles. The molecule has 12 heteroatoms. The number of ether oxygens (including phenoxy) is 2. The van der Waals surface area contributed by atoms with Gasteiger partial charge in [0.05, 0.1) is 17.7 Å². The van der Waals surface area contributed by atoms with Crippen LogP contribution in [0, 0.1) is 0 Å². The molecule has 2 amide bonds. The summed E-state index contributed by atoms with van der Waals surface area (Å²) in [7, 11) is 0. The number of nitrogens with zero attached hydrogens (tertiary/aromatic N) is 4. The highest BCUT2D eigenvalue weighted by molar-refractivity contribution is 5.77. The number of halogens is 3. The van der Waals surface area contributed by atoms with Crippen molar-refractivity contribution in [2.45, 2.75) is 64.0 Å². The number of piperazine rings is 1. The van der Waals surface area contributed by atoms with Crippen molar-refractivity contribution in [2.24, 2.45) is 0 Å². The minimum atomic E-state index is -4.48. The number of alkyl halides is 3. The van der Waals surface area contributed by atoms with Gasteiger partial charge in [-0.1, -0.05) is 0 Å². The molecule has 0 unspecified atom stereocenters. The first-order chi connectivity index (χ1) is 15.4. The van der Waals surface area contributed by atoms with Gasteiger partial charge in [0.25, 0.3) is 0 Å². The van der Waals surface area contributed by atoms with Crippen molar-refractivity contribution in [2.75, 3.05) is 37.7 Å². The minimum absolute atomic E-state index is 0.103. The zero-order chi connectivity index (χ0) is 24.2. The van der Waals surface area contributed by atoms with E-state index in [0.717, 1.165) is 31.7 Å². The van der Waals surface area contributed by atoms with E-state index in [-0.39, 0.29) is 30.6 Å². The molecule has 33 heavy (non-hydrogen) atoms. The van der Waals surface area contributed by atoms with E-state index in [4.69, 9.17) is 9.47 Å². The Labute approximate surface area is 190 Å². The van der Waals surface area contributed by atoms with Crippen molar-refractivity contribution >= 4 is 17.9 Å². The van der Waals surface area contributed by atoms with Crippen LogP contribution in [0.1, 0.15) is 45.6 Å². The molecule has 1 aliphatic carbocycles. The maximum absolute atomic E-state index is 12.7. The van der Waals surface area contributed by atoms with Crippen molar-refractivity contribution in [1.82, 2.24) is 20.2 Å². The van der Waals surface area contributed by atoms with Crippen LogP contribution in [0.15, 0.2) is 12.4 Å². The summed E-state index contributed by atoms with van der Waals surface area (Å²) in [4.78, 5) is 35.6. The van der Waals surface area contributed by atoms with Gasteiger partial charge in [-0.3, -0.25) is 4.79 Å². The van der Waals surface area contributed by atoms with Crippen LogP contribution in [0.2, 0.25) is 0 Å². The molecule has 1 aromatic heterocycles. The minimum Gasteiger partial charge on any atom is -0.444 e. The van der Waals surface area contributed by atoms with E-state index in [0.29, 0.717) is 26.2 Å². The fraction of sp³-hybridized carbons (Fsp3) is 0.714. The molecule has 1 saturated heterocycles. The molecule has 2 fully saturated rings. The van der Waals surface area contributed by atoms with Crippen molar-refractivity contribution in [3.63, 3.8) is 0 Å². The zero-order valence-corrected chi connectivity index (χ0v) is 19.0. The lowest BCUT2D eigenvalue weighted by atomic mass is 10.2. The van der Waals surface area contributed by atoms with Crippen LogP contribution in [0.3, 0.4) is 0 Å². The third-order valence-electron chi connectivity index (χ3n) is 5.46. The fourth-order valence-electron chi connectivity index (χ4n) is 3.81. The number of alkyl carbamates (subject to hydrolysis) is 1. The molecule has 0 radical (unpaired) electrons. The number of hydrogen-bond donors (Lipinski definition) is 1. The smallest absolute Gasteiger partial charge is 0.419 e. The molecule has 2 heterocycles. The molecular weight excluding hydrogens is 443 g/mol. The maximum atomic E-state index is 12.7. The third kappa shape index (κ3) is 7.18. The molecule has 1 N–H and O–H groups in total. The molecule has 2 atom stereocenters. The summed E-state index contributed by atoms with van der Waals surface area (Å²) in [5.41, 5.74) is -1.49. The normalized spacial score (nSPS) is 21.8. The van der Waals surface area contributed by atoms with Gasteiger partial charge >= 0.3 is 12.3 Å². The van der Waals surface area contributed by atoms with Crippen molar-refractivity contribution in [1.29, 1.82) is 0 Å². The molecule has 0 aromatic carbocycles. The van der Waals surface area contributed by atoms with E-state index >= 15 is 0 Å². The molecule has 3 rings (SSSR count). The molecule has 1 aromatic rings. The van der Waals surface area contributed by atoms with Crippen LogP contribution in [-0.2, 0) is 20.4 Å². The monoisotopic (exact) mass is 473 g/mol. The highest BCUT2D eigenvalue weighted by atomic mass is 19.4. The first-order valence-corrected chi connectivity index (χ1v) is 11.0. The lowest BCUT2D eigenvalue weighted by Gasteiger charge is -2.35. The van der Waals surface area contributed by atoms with Gasteiger partial charge < -0.3 is 24.6 Å². The van der Waals surface area contributed by atoms with E-state index in [2.05, 4.69) is 15.3 Å². The predicted octanol–water partition coefficient (Wildman–Crippen LogP) is 2.61. The van der Waals surface area contributed by atoms with Crippen LogP contribution < -0.4 is 10.2 Å². The Morgan fingerprint density at radius 2 is 1.73 bits per heavy atom. The topological polar surface area (TPSA) is 96.9 Å². The van der Waals surface area contributed by atoms with Gasteiger partial charge in [-0.15, -0.1) is 0 Å². The van der Waals surface area contributed by atoms with Gasteiger partial charge in [-0.2, -0.15) is 13.2 Å². The fourth-order valence-corrected chi connectivity index (χ4v) is 3.81. The number of anilines is 1. The van der Waals surface area contributed by atoms with Gasteiger partial charge in [0, 0.05) is 38.6 Å². The van der Waals surface area contributed by atoms with Crippen LogP contribution in [0.5, 0.6) is 0 Å². The van der Waals surface area contributed by atoms with Crippen LogP contribution in [-0.4, -0.2) is 77.4 Å². The average molecular weight is 473 g/mol.